The van der Waals surface area contributed by atoms with Gasteiger partial charge in [-0.25, -0.2) is 4.98 Å². The summed E-state index contributed by atoms with van der Waals surface area (Å²) >= 11 is 0. The summed E-state index contributed by atoms with van der Waals surface area (Å²) in [6, 6.07) is 6.28. The van der Waals surface area contributed by atoms with Crippen LogP contribution >= 0.6 is 0 Å². The van der Waals surface area contributed by atoms with Gasteiger partial charge in [-0.1, -0.05) is 13.0 Å². The minimum Gasteiger partial charge on any atom is -0.384 e. The first kappa shape index (κ1) is 8.35. The summed E-state index contributed by atoms with van der Waals surface area (Å²) in [4.78, 5) is 4.19. The first-order chi connectivity index (χ1) is 6.24. The number of nitrogen functional groups attached to an aromatic ring is 1. The van der Waals surface area contributed by atoms with Gasteiger partial charge in [0.1, 0.15) is 11.6 Å². The average molecular weight is 177 g/mol. The van der Waals surface area contributed by atoms with Crippen LogP contribution in [0.2, 0.25) is 0 Å². The molecule has 0 spiro atoms. The van der Waals surface area contributed by atoms with E-state index in [1.165, 1.54) is 12.8 Å². The van der Waals surface area contributed by atoms with Crippen molar-refractivity contribution >= 4 is 11.6 Å². The number of nitrogens with one attached hydrogen (secondary N) is 1. The molecule has 3 heteroatoms. The third kappa shape index (κ3) is 1.91. The molecule has 1 aliphatic carbocycles. The van der Waals surface area contributed by atoms with Crippen LogP contribution in [-0.2, 0) is 0 Å². The lowest BCUT2D eigenvalue weighted by Gasteiger charge is -2.33. The molecule has 1 heterocycles. The average Bonchev–Trinajstić information content (AvgIpc) is 2.01. The highest BCUT2D eigenvalue weighted by atomic mass is 15.0. The van der Waals surface area contributed by atoms with Crippen LogP contribution in [0.1, 0.15) is 19.8 Å². The van der Waals surface area contributed by atoms with Crippen LogP contribution in [0.4, 0.5) is 11.6 Å². The molecule has 2 rings (SSSR count). The van der Waals surface area contributed by atoms with Crippen molar-refractivity contribution in [2.75, 3.05) is 11.1 Å². The molecule has 0 aliphatic heterocycles. The number of nitrogens with two attached hydrogens (primary N) is 1. The summed E-state index contributed by atoms with van der Waals surface area (Å²) in [5.74, 6) is 2.34. The van der Waals surface area contributed by atoms with E-state index in [0.717, 1.165) is 11.7 Å². The standard InChI is InChI=1S/C10H15N3/c1-7-5-8(6-7)12-10-4-2-3-9(11)13-10/h2-4,7-8H,5-6H2,1H3,(H3,11,12,13). The van der Waals surface area contributed by atoms with Crippen LogP contribution < -0.4 is 11.1 Å². The van der Waals surface area contributed by atoms with Crippen molar-refractivity contribution in [3.05, 3.63) is 18.2 Å². The summed E-state index contributed by atoms with van der Waals surface area (Å²) in [6.45, 7) is 2.27. The van der Waals surface area contributed by atoms with Crippen molar-refractivity contribution in [3.8, 4) is 0 Å². The van der Waals surface area contributed by atoms with Gasteiger partial charge >= 0.3 is 0 Å². The van der Waals surface area contributed by atoms with Gasteiger partial charge in [-0.05, 0) is 30.9 Å². The molecule has 13 heavy (non-hydrogen) atoms. The summed E-state index contributed by atoms with van der Waals surface area (Å²) in [5.41, 5.74) is 5.57. The number of hydrogen-bond acceptors (Lipinski definition) is 3. The molecular weight excluding hydrogens is 162 g/mol. The molecular formula is C10H15N3. The van der Waals surface area contributed by atoms with Gasteiger partial charge in [0.2, 0.25) is 0 Å². The number of hydrogen-bond donors (Lipinski definition) is 2. The second-order valence-electron chi connectivity index (χ2n) is 3.87. The first-order valence-electron chi connectivity index (χ1n) is 4.73. The SMILES string of the molecule is CC1CC(Nc2cccc(N)n2)C1. The zero-order valence-electron chi connectivity index (χ0n) is 7.83. The Morgan fingerprint density at radius 3 is 2.85 bits per heavy atom. The van der Waals surface area contributed by atoms with Gasteiger partial charge in [0.15, 0.2) is 0 Å². The van der Waals surface area contributed by atoms with Gasteiger partial charge in [0.25, 0.3) is 0 Å². The minimum atomic E-state index is 0.581. The molecule has 1 saturated carbocycles. The third-order valence-electron chi connectivity index (χ3n) is 2.50. The molecule has 3 nitrogen and oxygen atoms in total. The van der Waals surface area contributed by atoms with Gasteiger partial charge in [-0.3, -0.25) is 0 Å². The number of aromatic nitrogens is 1. The fourth-order valence-corrected chi connectivity index (χ4v) is 1.76. The quantitative estimate of drug-likeness (QED) is 0.725. The van der Waals surface area contributed by atoms with Crippen molar-refractivity contribution < 1.29 is 0 Å². The van der Waals surface area contributed by atoms with Gasteiger partial charge in [0, 0.05) is 6.04 Å². The largest absolute Gasteiger partial charge is 0.384 e. The molecule has 1 fully saturated rings. The van der Waals surface area contributed by atoms with Gasteiger partial charge in [-0.2, -0.15) is 0 Å². The zero-order valence-corrected chi connectivity index (χ0v) is 7.83. The fourth-order valence-electron chi connectivity index (χ4n) is 1.76. The summed E-state index contributed by atoms with van der Waals surface area (Å²) in [5, 5.41) is 3.36. The highest BCUT2D eigenvalue weighted by Gasteiger charge is 2.24. The maximum absolute atomic E-state index is 5.57. The Kier molecular flexibility index (Phi) is 2.08. The van der Waals surface area contributed by atoms with E-state index in [4.69, 9.17) is 5.73 Å². The molecule has 1 aliphatic rings. The van der Waals surface area contributed by atoms with E-state index in [2.05, 4.69) is 17.2 Å². The van der Waals surface area contributed by atoms with Crippen molar-refractivity contribution in [1.29, 1.82) is 0 Å². The molecule has 0 bridgehead atoms. The summed E-state index contributed by atoms with van der Waals surface area (Å²) in [6.07, 6.45) is 2.49. The van der Waals surface area contributed by atoms with Gasteiger partial charge in [-0.15, -0.1) is 0 Å². The molecule has 0 amide bonds. The van der Waals surface area contributed by atoms with Crippen molar-refractivity contribution in [2.45, 2.75) is 25.8 Å². The van der Waals surface area contributed by atoms with Crippen LogP contribution in [0.5, 0.6) is 0 Å². The van der Waals surface area contributed by atoms with E-state index >= 15 is 0 Å². The molecule has 1 aromatic rings. The van der Waals surface area contributed by atoms with E-state index < -0.39 is 0 Å². The molecule has 3 N–H and O–H groups in total. The Morgan fingerprint density at radius 1 is 1.46 bits per heavy atom. The number of pyridine rings is 1. The molecule has 70 valence electrons. The second-order valence-corrected chi connectivity index (χ2v) is 3.87. The Labute approximate surface area is 78.4 Å². The highest BCUT2D eigenvalue weighted by molar-refractivity contribution is 5.43. The van der Waals surface area contributed by atoms with E-state index in [-0.39, 0.29) is 0 Å². The van der Waals surface area contributed by atoms with Crippen LogP contribution in [0.3, 0.4) is 0 Å². The van der Waals surface area contributed by atoms with E-state index in [0.29, 0.717) is 11.9 Å². The molecule has 0 unspecified atom stereocenters. The topological polar surface area (TPSA) is 50.9 Å². The maximum Gasteiger partial charge on any atom is 0.128 e. The predicted molar refractivity (Wildman–Crippen MR) is 54.5 cm³/mol. The lowest BCUT2D eigenvalue weighted by molar-refractivity contribution is 0.308. The Bertz CT molecular complexity index is 292. The van der Waals surface area contributed by atoms with E-state index in [1.807, 2.05) is 12.1 Å². The Hall–Kier alpha value is -1.25. The molecule has 0 aromatic carbocycles. The lowest BCUT2D eigenvalue weighted by Crippen LogP contribution is -2.34. The fraction of sp³-hybridized carbons (Fsp3) is 0.500. The zero-order chi connectivity index (χ0) is 9.26. The van der Waals surface area contributed by atoms with Crippen molar-refractivity contribution in [3.63, 3.8) is 0 Å². The van der Waals surface area contributed by atoms with Gasteiger partial charge < -0.3 is 11.1 Å². The third-order valence-corrected chi connectivity index (χ3v) is 2.50. The van der Waals surface area contributed by atoms with E-state index in [9.17, 15) is 0 Å². The monoisotopic (exact) mass is 177 g/mol. The van der Waals surface area contributed by atoms with Crippen molar-refractivity contribution in [2.24, 2.45) is 5.92 Å². The van der Waals surface area contributed by atoms with Crippen LogP contribution in [0.25, 0.3) is 0 Å². The predicted octanol–water partition coefficient (Wildman–Crippen LogP) is 1.87. The first-order valence-corrected chi connectivity index (χ1v) is 4.73. The number of rotatable bonds is 2. The Morgan fingerprint density at radius 2 is 2.23 bits per heavy atom. The van der Waals surface area contributed by atoms with Crippen LogP contribution in [0.15, 0.2) is 18.2 Å². The van der Waals surface area contributed by atoms with Crippen LogP contribution in [-0.4, -0.2) is 11.0 Å². The summed E-state index contributed by atoms with van der Waals surface area (Å²) < 4.78 is 0. The molecule has 0 saturated heterocycles. The van der Waals surface area contributed by atoms with E-state index in [1.54, 1.807) is 6.07 Å². The van der Waals surface area contributed by atoms with Crippen LogP contribution in [0, 0.1) is 5.92 Å². The van der Waals surface area contributed by atoms with Gasteiger partial charge in [0.05, 0.1) is 0 Å². The highest BCUT2D eigenvalue weighted by Crippen LogP contribution is 2.28. The molecule has 0 atom stereocenters. The number of nitrogens with zero attached hydrogens (tertiary/aromatic N) is 1. The normalized spacial score (nSPS) is 26.5. The second kappa shape index (κ2) is 3.24. The molecule has 1 aromatic heterocycles. The minimum absolute atomic E-state index is 0.581. The Balaban J connectivity index is 1.94. The lowest BCUT2D eigenvalue weighted by atomic mass is 9.82. The summed E-state index contributed by atoms with van der Waals surface area (Å²) in [7, 11) is 0. The van der Waals surface area contributed by atoms with Crippen molar-refractivity contribution in [1.82, 2.24) is 4.98 Å². The molecule has 0 radical (unpaired) electrons. The number of anilines is 2. The smallest absolute Gasteiger partial charge is 0.128 e. The maximum atomic E-state index is 5.57.